The van der Waals surface area contributed by atoms with Crippen molar-refractivity contribution in [2.45, 2.75) is 45.1 Å². The number of hydrogen-bond acceptors (Lipinski definition) is 3. The molecule has 0 atom stereocenters. The van der Waals surface area contributed by atoms with Crippen molar-refractivity contribution in [3.05, 3.63) is 89.7 Å². The van der Waals surface area contributed by atoms with Crippen LogP contribution < -0.4 is 4.90 Å². The number of aryl methyl sites for hydroxylation is 1. The molecule has 160 valence electrons. The summed E-state index contributed by atoms with van der Waals surface area (Å²) in [4.78, 5) is 9.20. The van der Waals surface area contributed by atoms with Crippen LogP contribution in [0.3, 0.4) is 0 Å². The van der Waals surface area contributed by atoms with Gasteiger partial charge in [-0.3, -0.25) is 9.88 Å². The van der Waals surface area contributed by atoms with Crippen LogP contribution in [0.4, 0.5) is 11.4 Å². The fourth-order valence-corrected chi connectivity index (χ4v) is 5.27. The third-order valence-electron chi connectivity index (χ3n) is 7.05. The lowest BCUT2D eigenvalue weighted by Gasteiger charge is -2.32. The Labute approximate surface area is 186 Å². The van der Waals surface area contributed by atoms with E-state index in [-0.39, 0.29) is 0 Å². The van der Waals surface area contributed by atoms with Crippen molar-refractivity contribution in [1.82, 2.24) is 9.88 Å². The molecule has 3 aromatic rings. The second-order valence-corrected chi connectivity index (χ2v) is 9.17. The van der Waals surface area contributed by atoms with E-state index in [1.165, 1.54) is 73.3 Å². The Morgan fingerprint density at radius 1 is 0.839 bits per heavy atom. The van der Waals surface area contributed by atoms with Gasteiger partial charge in [0.15, 0.2) is 0 Å². The number of nitrogens with zero attached hydrogens (tertiary/aromatic N) is 3. The van der Waals surface area contributed by atoms with Gasteiger partial charge in [-0.05, 0) is 86.0 Å². The first kappa shape index (κ1) is 20.3. The number of benzene rings is 2. The van der Waals surface area contributed by atoms with Crippen molar-refractivity contribution in [3.8, 4) is 0 Å². The van der Waals surface area contributed by atoms with E-state index in [1.54, 1.807) is 0 Å². The highest BCUT2D eigenvalue weighted by molar-refractivity contribution is 5.69. The molecule has 1 saturated heterocycles. The van der Waals surface area contributed by atoms with Gasteiger partial charge >= 0.3 is 0 Å². The van der Waals surface area contributed by atoms with E-state index in [0.29, 0.717) is 0 Å². The summed E-state index contributed by atoms with van der Waals surface area (Å²) >= 11 is 0. The van der Waals surface area contributed by atoms with Crippen LogP contribution in [0.5, 0.6) is 0 Å². The van der Waals surface area contributed by atoms with Gasteiger partial charge in [-0.1, -0.05) is 48.9 Å². The zero-order chi connectivity index (χ0) is 20.9. The average Bonchev–Trinajstić information content (AvgIpc) is 3.25. The molecule has 5 rings (SSSR count). The van der Waals surface area contributed by atoms with Crippen LogP contribution in [0.15, 0.2) is 73.1 Å². The summed E-state index contributed by atoms with van der Waals surface area (Å²) < 4.78 is 0. The van der Waals surface area contributed by atoms with Crippen molar-refractivity contribution < 1.29 is 0 Å². The molecule has 0 spiro atoms. The zero-order valence-electron chi connectivity index (χ0n) is 18.4. The van der Waals surface area contributed by atoms with Crippen molar-refractivity contribution in [3.63, 3.8) is 0 Å². The lowest BCUT2D eigenvalue weighted by Crippen LogP contribution is -2.33. The second-order valence-electron chi connectivity index (χ2n) is 9.17. The maximum absolute atomic E-state index is 4.15. The average molecular weight is 412 g/mol. The third-order valence-corrected chi connectivity index (χ3v) is 7.05. The fourth-order valence-electron chi connectivity index (χ4n) is 5.27. The van der Waals surface area contributed by atoms with Crippen LogP contribution in [0.1, 0.15) is 42.4 Å². The van der Waals surface area contributed by atoms with Gasteiger partial charge < -0.3 is 4.90 Å². The predicted octanol–water partition coefficient (Wildman–Crippen LogP) is 6.01. The number of anilines is 2. The topological polar surface area (TPSA) is 19.4 Å². The summed E-state index contributed by atoms with van der Waals surface area (Å²) in [5.74, 6) is 0.906. The van der Waals surface area contributed by atoms with E-state index >= 15 is 0 Å². The molecule has 0 bridgehead atoms. The van der Waals surface area contributed by atoms with Crippen LogP contribution in [-0.4, -0.2) is 29.5 Å². The summed E-state index contributed by atoms with van der Waals surface area (Å²) in [6.07, 6.45) is 11.5. The number of pyridine rings is 1. The monoisotopic (exact) mass is 411 g/mol. The summed E-state index contributed by atoms with van der Waals surface area (Å²) in [5, 5.41) is 0. The molecular formula is C28H33N3. The largest absolute Gasteiger partial charge is 0.341 e. The number of likely N-dealkylation sites (tertiary alicyclic amines) is 1. The van der Waals surface area contributed by atoms with Crippen LogP contribution in [0.25, 0.3) is 0 Å². The Kier molecular flexibility index (Phi) is 6.31. The third kappa shape index (κ3) is 4.99. The van der Waals surface area contributed by atoms with Gasteiger partial charge in [0, 0.05) is 36.9 Å². The van der Waals surface area contributed by atoms with E-state index < -0.39 is 0 Å². The number of rotatable bonds is 7. The van der Waals surface area contributed by atoms with Gasteiger partial charge in [0.1, 0.15) is 0 Å². The SMILES string of the molecule is c1ccc(CN2CCC(CCCc3ccc4c(c3)CCN4c3ccncc3)CC2)cc1. The maximum Gasteiger partial charge on any atom is 0.0444 e. The van der Waals surface area contributed by atoms with Gasteiger partial charge in [-0.2, -0.15) is 0 Å². The first-order valence-electron chi connectivity index (χ1n) is 11.9. The highest BCUT2D eigenvalue weighted by Crippen LogP contribution is 2.35. The molecule has 1 aromatic heterocycles. The molecule has 0 N–H and O–H groups in total. The van der Waals surface area contributed by atoms with E-state index in [4.69, 9.17) is 0 Å². The highest BCUT2D eigenvalue weighted by Gasteiger charge is 2.21. The summed E-state index contributed by atoms with van der Waals surface area (Å²) in [5.41, 5.74) is 7.08. The normalized spacial score (nSPS) is 17.1. The minimum Gasteiger partial charge on any atom is -0.341 e. The van der Waals surface area contributed by atoms with E-state index in [9.17, 15) is 0 Å². The molecule has 1 fully saturated rings. The zero-order valence-corrected chi connectivity index (χ0v) is 18.4. The van der Waals surface area contributed by atoms with Gasteiger partial charge in [0.05, 0.1) is 0 Å². The number of piperidine rings is 1. The minimum atomic E-state index is 0.906. The summed E-state index contributed by atoms with van der Waals surface area (Å²) in [6, 6.07) is 22.3. The molecule has 0 amide bonds. The predicted molar refractivity (Wildman–Crippen MR) is 129 cm³/mol. The van der Waals surface area contributed by atoms with E-state index in [1.807, 2.05) is 12.4 Å². The van der Waals surface area contributed by atoms with Gasteiger partial charge in [-0.15, -0.1) is 0 Å². The van der Waals surface area contributed by atoms with Crippen molar-refractivity contribution in [2.24, 2.45) is 5.92 Å². The minimum absolute atomic E-state index is 0.906. The van der Waals surface area contributed by atoms with Crippen LogP contribution in [-0.2, 0) is 19.4 Å². The molecule has 2 aliphatic rings. The Bertz CT molecular complexity index is 962. The number of hydrogen-bond donors (Lipinski definition) is 0. The molecule has 0 radical (unpaired) electrons. The smallest absolute Gasteiger partial charge is 0.0444 e. The quantitative estimate of drug-likeness (QED) is 0.474. The van der Waals surface area contributed by atoms with Crippen LogP contribution in [0, 0.1) is 5.92 Å². The van der Waals surface area contributed by atoms with Gasteiger partial charge in [0.25, 0.3) is 0 Å². The molecule has 0 aliphatic carbocycles. The second kappa shape index (κ2) is 9.65. The molecule has 0 unspecified atom stereocenters. The van der Waals surface area contributed by atoms with Crippen molar-refractivity contribution in [2.75, 3.05) is 24.5 Å². The van der Waals surface area contributed by atoms with E-state index in [2.05, 4.69) is 75.4 Å². The molecular weight excluding hydrogens is 378 g/mol. The fraction of sp³-hybridized carbons (Fsp3) is 0.393. The lowest BCUT2D eigenvalue weighted by atomic mass is 9.90. The first-order valence-corrected chi connectivity index (χ1v) is 11.9. The summed E-state index contributed by atoms with van der Waals surface area (Å²) in [7, 11) is 0. The van der Waals surface area contributed by atoms with Gasteiger partial charge in [0.2, 0.25) is 0 Å². The lowest BCUT2D eigenvalue weighted by molar-refractivity contribution is 0.171. The number of fused-ring (bicyclic) bond motifs is 1. The molecule has 0 saturated carbocycles. The van der Waals surface area contributed by atoms with Gasteiger partial charge in [-0.25, -0.2) is 0 Å². The van der Waals surface area contributed by atoms with Crippen LogP contribution >= 0.6 is 0 Å². The van der Waals surface area contributed by atoms with Crippen LogP contribution in [0.2, 0.25) is 0 Å². The standard InChI is InChI=1S/C28H33N3/c1-2-5-25(6-3-1)22-30-18-13-23(14-19-30)7-4-8-24-9-10-28-26(21-24)15-20-31(28)27-11-16-29-17-12-27/h1-3,5-6,9-12,16-17,21,23H,4,7-8,13-15,18-20,22H2. The molecule has 3 heterocycles. The summed E-state index contributed by atoms with van der Waals surface area (Å²) in [6.45, 7) is 4.69. The molecule has 3 nitrogen and oxygen atoms in total. The van der Waals surface area contributed by atoms with Crippen molar-refractivity contribution in [1.29, 1.82) is 0 Å². The number of aromatic nitrogens is 1. The Morgan fingerprint density at radius 3 is 2.45 bits per heavy atom. The Hall–Kier alpha value is -2.65. The highest BCUT2D eigenvalue weighted by atomic mass is 15.2. The maximum atomic E-state index is 4.15. The first-order chi connectivity index (χ1) is 15.3. The van der Waals surface area contributed by atoms with E-state index in [0.717, 1.165) is 25.4 Å². The molecule has 2 aliphatic heterocycles. The molecule has 2 aromatic carbocycles. The Balaban J connectivity index is 1.08. The molecule has 3 heteroatoms. The van der Waals surface area contributed by atoms with Crippen molar-refractivity contribution >= 4 is 11.4 Å². The Morgan fingerprint density at radius 2 is 1.65 bits per heavy atom. The molecule has 31 heavy (non-hydrogen) atoms.